The van der Waals surface area contributed by atoms with E-state index < -0.39 is 0 Å². The number of nitrogens with zero attached hydrogens (tertiary/aromatic N) is 2. The lowest BCUT2D eigenvalue weighted by molar-refractivity contribution is -0.118. The third kappa shape index (κ3) is 4.81. The van der Waals surface area contributed by atoms with E-state index in [1.54, 1.807) is 4.57 Å². The molecule has 1 N–H and O–H groups in total. The molecule has 23 heavy (non-hydrogen) atoms. The third-order valence-corrected chi connectivity index (χ3v) is 5.23. The van der Waals surface area contributed by atoms with Crippen LogP contribution >= 0.6 is 23.1 Å². The smallest absolute Gasteiger partial charge is 0.272 e. The van der Waals surface area contributed by atoms with Crippen LogP contribution in [0.5, 0.6) is 0 Å². The van der Waals surface area contributed by atoms with E-state index in [9.17, 15) is 9.59 Å². The van der Waals surface area contributed by atoms with Gasteiger partial charge < -0.3 is 5.32 Å². The molecule has 2 rings (SSSR count). The number of aromatic nitrogens is 2. The summed E-state index contributed by atoms with van der Waals surface area (Å²) in [5, 5.41) is 5.36. The standard InChI is InChI=1S/C16H23N3O2S2/c1-4-7-17-13(20)10-23-16-18-12-6-9-22-14(12)15(21)19(16)8-5-11(2)3/h6,9,11H,4-5,7-8,10H2,1-3H3,(H,17,20). The molecule has 0 saturated heterocycles. The van der Waals surface area contributed by atoms with Gasteiger partial charge in [-0.3, -0.25) is 14.2 Å². The summed E-state index contributed by atoms with van der Waals surface area (Å²) in [6.45, 7) is 7.59. The number of rotatable bonds is 8. The van der Waals surface area contributed by atoms with E-state index >= 15 is 0 Å². The summed E-state index contributed by atoms with van der Waals surface area (Å²) in [5.41, 5.74) is 0.722. The predicted molar refractivity (Wildman–Crippen MR) is 97.4 cm³/mol. The van der Waals surface area contributed by atoms with Crippen molar-refractivity contribution in [2.45, 2.75) is 45.3 Å². The summed E-state index contributed by atoms with van der Waals surface area (Å²) in [6.07, 6.45) is 1.82. The Bertz CT molecular complexity index is 722. The topological polar surface area (TPSA) is 64.0 Å². The molecule has 0 aromatic carbocycles. The zero-order valence-electron chi connectivity index (χ0n) is 13.8. The van der Waals surface area contributed by atoms with Crippen LogP contribution < -0.4 is 10.9 Å². The molecule has 1 amide bonds. The number of amides is 1. The van der Waals surface area contributed by atoms with Crippen molar-refractivity contribution >= 4 is 39.2 Å². The van der Waals surface area contributed by atoms with Gasteiger partial charge in [-0.1, -0.05) is 32.5 Å². The average molecular weight is 354 g/mol. The van der Waals surface area contributed by atoms with Crippen LogP contribution in [0.25, 0.3) is 10.2 Å². The molecule has 0 aliphatic carbocycles. The molecule has 0 unspecified atom stereocenters. The molecule has 0 radical (unpaired) electrons. The SMILES string of the molecule is CCCNC(=O)CSc1nc2ccsc2c(=O)n1CCC(C)C. The summed E-state index contributed by atoms with van der Waals surface area (Å²) < 4.78 is 2.41. The molecule has 0 saturated carbocycles. The Kier molecular flexibility index (Phi) is 6.65. The zero-order valence-corrected chi connectivity index (χ0v) is 15.4. The van der Waals surface area contributed by atoms with Gasteiger partial charge in [0.1, 0.15) is 4.70 Å². The van der Waals surface area contributed by atoms with E-state index in [2.05, 4.69) is 24.1 Å². The number of carbonyl (C=O) groups excluding carboxylic acids is 1. The first kappa shape index (κ1) is 18.0. The molecule has 5 nitrogen and oxygen atoms in total. The first-order valence-corrected chi connectivity index (χ1v) is 9.77. The van der Waals surface area contributed by atoms with Crippen molar-refractivity contribution in [3.05, 3.63) is 21.8 Å². The van der Waals surface area contributed by atoms with Crippen LogP contribution in [0.3, 0.4) is 0 Å². The Morgan fingerprint density at radius 3 is 2.96 bits per heavy atom. The highest BCUT2D eigenvalue weighted by molar-refractivity contribution is 7.99. The van der Waals surface area contributed by atoms with Crippen molar-refractivity contribution in [2.75, 3.05) is 12.3 Å². The minimum Gasteiger partial charge on any atom is -0.355 e. The maximum atomic E-state index is 12.7. The molecule has 0 aliphatic heterocycles. The molecule has 0 spiro atoms. The summed E-state index contributed by atoms with van der Waals surface area (Å²) in [4.78, 5) is 29.0. The highest BCUT2D eigenvalue weighted by Crippen LogP contribution is 2.21. The Balaban J connectivity index is 2.23. The van der Waals surface area contributed by atoms with Crippen LogP contribution in [0, 0.1) is 5.92 Å². The monoisotopic (exact) mass is 353 g/mol. The van der Waals surface area contributed by atoms with Crippen LogP contribution in [0.4, 0.5) is 0 Å². The molecule has 2 aromatic heterocycles. The van der Waals surface area contributed by atoms with Crippen LogP contribution in [-0.2, 0) is 11.3 Å². The summed E-state index contributed by atoms with van der Waals surface area (Å²) >= 11 is 2.76. The fourth-order valence-electron chi connectivity index (χ4n) is 2.06. The molecule has 2 aromatic rings. The summed E-state index contributed by atoms with van der Waals surface area (Å²) in [7, 11) is 0. The minimum atomic E-state index is -0.0214. The van der Waals surface area contributed by atoms with E-state index in [1.807, 2.05) is 18.4 Å². The molecule has 0 atom stereocenters. The number of carbonyl (C=O) groups is 1. The van der Waals surface area contributed by atoms with Crippen molar-refractivity contribution in [3.8, 4) is 0 Å². The lowest BCUT2D eigenvalue weighted by Gasteiger charge is -2.13. The van der Waals surface area contributed by atoms with Gasteiger partial charge in [-0.25, -0.2) is 4.98 Å². The van der Waals surface area contributed by atoms with Crippen LogP contribution in [-0.4, -0.2) is 27.8 Å². The van der Waals surface area contributed by atoms with Gasteiger partial charge >= 0.3 is 0 Å². The maximum Gasteiger partial charge on any atom is 0.272 e. The Morgan fingerprint density at radius 1 is 1.48 bits per heavy atom. The number of thiophene rings is 1. The number of hydrogen-bond acceptors (Lipinski definition) is 5. The summed E-state index contributed by atoms with van der Waals surface area (Å²) in [6, 6.07) is 1.86. The number of fused-ring (bicyclic) bond motifs is 1. The molecule has 0 fully saturated rings. The predicted octanol–water partition coefficient (Wildman–Crippen LogP) is 3.12. The maximum absolute atomic E-state index is 12.7. The van der Waals surface area contributed by atoms with Crippen molar-refractivity contribution in [1.29, 1.82) is 0 Å². The van der Waals surface area contributed by atoms with Crippen LogP contribution in [0.1, 0.15) is 33.6 Å². The zero-order chi connectivity index (χ0) is 16.8. The third-order valence-electron chi connectivity index (χ3n) is 3.37. The number of thioether (sulfide) groups is 1. The second-order valence-electron chi connectivity index (χ2n) is 5.81. The Morgan fingerprint density at radius 2 is 2.26 bits per heavy atom. The normalized spacial score (nSPS) is 11.3. The molecule has 0 bridgehead atoms. The molecule has 2 heterocycles. The fraction of sp³-hybridized carbons (Fsp3) is 0.562. The Hall–Kier alpha value is -1.34. The molecular formula is C16H23N3O2S2. The largest absolute Gasteiger partial charge is 0.355 e. The van der Waals surface area contributed by atoms with Gasteiger partial charge in [0.2, 0.25) is 5.91 Å². The van der Waals surface area contributed by atoms with Crippen LogP contribution in [0.15, 0.2) is 21.4 Å². The highest BCUT2D eigenvalue weighted by Gasteiger charge is 2.14. The Labute approximate surface area is 144 Å². The highest BCUT2D eigenvalue weighted by atomic mass is 32.2. The van der Waals surface area contributed by atoms with E-state index in [-0.39, 0.29) is 17.2 Å². The van der Waals surface area contributed by atoms with Gasteiger partial charge in [0.15, 0.2) is 5.16 Å². The molecular weight excluding hydrogens is 330 g/mol. The summed E-state index contributed by atoms with van der Waals surface area (Å²) in [5.74, 6) is 0.766. The van der Waals surface area contributed by atoms with E-state index in [4.69, 9.17) is 0 Å². The van der Waals surface area contributed by atoms with Gasteiger partial charge in [-0.2, -0.15) is 0 Å². The van der Waals surface area contributed by atoms with Gasteiger partial charge in [0.05, 0.1) is 11.3 Å². The fourth-order valence-corrected chi connectivity index (χ4v) is 3.70. The van der Waals surface area contributed by atoms with Crippen molar-refractivity contribution in [2.24, 2.45) is 5.92 Å². The second kappa shape index (κ2) is 8.49. The first-order valence-electron chi connectivity index (χ1n) is 7.90. The molecule has 7 heteroatoms. The average Bonchev–Trinajstić information content (AvgIpc) is 2.98. The molecule has 0 aliphatic rings. The number of hydrogen-bond donors (Lipinski definition) is 1. The quantitative estimate of drug-likeness (QED) is 0.585. The van der Waals surface area contributed by atoms with Gasteiger partial charge in [-0.05, 0) is 30.2 Å². The lowest BCUT2D eigenvalue weighted by atomic mass is 10.1. The van der Waals surface area contributed by atoms with Crippen molar-refractivity contribution < 1.29 is 4.79 Å². The van der Waals surface area contributed by atoms with E-state index in [1.165, 1.54) is 23.1 Å². The minimum absolute atomic E-state index is 0.00196. The lowest BCUT2D eigenvalue weighted by Crippen LogP contribution is -2.27. The first-order chi connectivity index (χ1) is 11.0. The van der Waals surface area contributed by atoms with E-state index in [0.29, 0.717) is 28.9 Å². The molecule has 126 valence electrons. The van der Waals surface area contributed by atoms with Crippen LogP contribution in [0.2, 0.25) is 0 Å². The second-order valence-corrected chi connectivity index (χ2v) is 7.67. The van der Waals surface area contributed by atoms with E-state index in [0.717, 1.165) is 18.4 Å². The van der Waals surface area contributed by atoms with Gasteiger partial charge in [0, 0.05) is 13.1 Å². The van der Waals surface area contributed by atoms with Crippen molar-refractivity contribution in [3.63, 3.8) is 0 Å². The van der Waals surface area contributed by atoms with Gasteiger partial charge in [-0.15, -0.1) is 11.3 Å². The number of nitrogens with one attached hydrogen (secondary N) is 1. The van der Waals surface area contributed by atoms with Crippen molar-refractivity contribution in [1.82, 2.24) is 14.9 Å². The van der Waals surface area contributed by atoms with Gasteiger partial charge in [0.25, 0.3) is 5.56 Å².